The number of nitrogens with one attached hydrogen (secondary N) is 1. The summed E-state index contributed by atoms with van der Waals surface area (Å²) in [7, 11) is 0. The van der Waals surface area contributed by atoms with Crippen LogP contribution < -0.4 is 5.32 Å². The number of alkyl halides is 3. The van der Waals surface area contributed by atoms with Crippen molar-refractivity contribution < 1.29 is 26.8 Å². The van der Waals surface area contributed by atoms with Gasteiger partial charge in [0.25, 0.3) is 5.91 Å². The summed E-state index contributed by atoms with van der Waals surface area (Å²) in [5.74, 6) is 1.06. The topological polar surface area (TPSA) is 99.0 Å². The molecule has 0 saturated heterocycles. The van der Waals surface area contributed by atoms with Crippen LogP contribution in [0.25, 0.3) is 5.69 Å². The van der Waals surface area contributed by atoms with Gasteiger partial charge in [0, 0.05) is 6.42 Å². The van der Waals surface area contributed by atoms with E-state index in [0.29, 0.717) is 23.2 Å². The number of nitrogens with zero attached hydrogens (tertiary/aromatic N) is 4. The maximum Gasteiger partial charge on any atom is 0.416 e. The molecule has 5 aromatic rings. The SMILES string of the molecule is O=C(NCc1ccco1)c1coc(CSc2nnc(Cc3ccccc3)n2-c2cccc(C(F)(F)F)c2)n1. The number of furan rings is 1. The van der Waals surface area contributed by atoms with Crippen molar-refractivity contribution in [3.63, 3.8) is 0 Å². The highest BCUT2D eigenvalue weighted by Crippen LogP contribution is 2.32. The molecule has 3 aromatic heterocycles. The first kappa shape index (κ1) is 25.3. The molecule has 0 radical (unpaired) electrons. The van der Waals surface area contributed by atoms with Gasteiger partial charge in [0.1, 0.15) is 17.8 Å². The highest BCUT2D eigenvalue weighted by molar-refractivity contribution is 7.98. The highest BCUT2D eigenvalue weighted by atomic mass is 32.2. The monoisotopic (exact) mass is 539 g/mol. The minimum Gasteiger partial charge on any atom is -0.467 e. The fourth-order valence-electron chi connectivity index (χ4n) is 3.65. The molecule has 5 rings (SSSR count). The Morgan fingerprint density at radius 1 is 1.00 bits per heavy atom. The fraction of sp³-hybridized carbons (Fsp3) is 0.154. The van der Waals surface area contributed by atoms with E-state index in [9.17, 15) is 18.0 Å². The van der Waals surface area contributed by atoms with Crippen LogP contribution in [0.3, 0.4) is 0 Å². The molecule has 0 aliphatic rings. The van der Waals surface area contributed by atoms with Crippen LogP contribution in [0.4, 0.5) is 13.2 Å². The average molecular weight is 540 g/mol. The molecule has 1 amide bonds. The number of carbonyl (C=O) groups is 1. The van der Waals surface area contributed by atoms with E-state index in [2.05, 4.69) is 20.5 Å². The number of amides is 1. The van der Waals surface area contributed by atoms with E-state index in [4.69, 9.17) is 8.83 Å². The molecule has 0 unspecified atom stereocenters. The van der Waals surface area contributed by atoms with E-state index in [1.807, 2.05) is 30.3 Å². The molecule has 12 heteroatoms. The third kappa shape index (κ3) is 5.97. The van der Waals surface area contributed by atoms with Gasteiger partial charge in [0.15, 0.2) is 10.9 Å². The second kappa shape index (κ2) is 11.0. The van der Waals surface area contributed by atoms with Crippen molar-refractivity contribution in [3.05, 3.63) is 114 Å². The highest BCUT2D eigenvalue weighted by Gasteiger charge is 2.31. The van der Waals surface area contributed by atoms with Gasteiger partial charge in [0.2, 0.25) is 5.89 Å². The number of thioether (sulfide) groups is 1. The third-order valence-corrected chi connectivity index (χ3v) is 6.36. The predicted molar refractivity (Wildman–Crippen MR) is 132 cm³/mol. The Hall–Kier alpha value is -4.32. The molecule has 0 saturated carbocycles. The fourth-order valence-corrected chi connectivity index (χ4v) is 4.47. The van der Waals surface area contributed by atoms with Gasteiger partial charge in [-0.3, -0.25) is 9.36 Å². The maximum atomic E-state index is 13.4. The van der Waals surface area contributed by atoms with Crippen molar-refractivity contribution >= 4 is 17.7 Å². The number of aromatic nitrogens is 4. The van der Waals surface area contributed by atoms with Gasteiger partial charge in [-0.1, -0.05) is 48.2 Å². The summed E-state index contributed by atoms with van der Waals surface area (Å²) in [5, 5.41) is 11.5. The van der Waals surface area contributed by atoms with Gasteiger partial charge in [-0.05, 0) is 35.9 Å². The largest absolute Gasteiger partial charge is 0.467 e. The van der Waals surface area contributed by atoms with Gasteiger partial charge < -0.3 is 14.2 Å². The summed E-state index contributed by atoms with van der Waals surface area (Å²) < 4.78 is 52.5. The van der Waals surface area contributed by atoms with E-state index < -0.39 is 17.6 Å². The first-order chi connectivity index (χ1) is 18.4. The quantitative estimate of drug-likeness (QED) is 0.241. The van der Waals surface area contributed by atoms with Crippen molar-refractivity contribution in [3.8, 4) is 5.69 Å². The summed E-state index contributed by atoms with van der Waals surface area (Å²) in [6, 6.07) is 17.9. The molecule has 0 bridgehead atoms. The molecule has 38 heavy (non-hydrogen) atoms. The average Bonchev–Trinajstić information content (AvgIpc) is 3.68. The lowest BCUT2D eigenvalue weighted by molar-refractivity contribution is -0.137. The van der Waals surface area contributed by atoms with Gasteiger partial charge in [0.05, 0.1) is 29.8 Å². The van der Waals surface area contributed by atoms with E-state index >= 15 is 0 Å². The molecule has 2 aromatic carbocycles. The second-order valence-corrected chi connectivity index (χ2v) is 9.06. The number of carbonyl (C=O) groups excluding carboxylic acids is 1. The number of hydrogen-bond acceptors (Lipinski definition) is 7. The van der Waals surface area contributed by atoms with E-state index in [0.717, 1.165) is 17.7 Å². The summed E-state index contributed by atoms with van der Waals surface area (Å²) in [6.45, 7) is 0.201. The minimum atomic E-state index is -4.50. The lowest BCUT2D eigenvalue weighted by Crippen LogP contribution is -2.22. The zero-order valence-corrected chi connectivity index (χ0v) is 20.5. The number of halogens is 3. The van der Waals surface area contributed by atoms with Crippen LogP contribution in [0.15, 0.2) is 93.2 Å². The predicted octanol–water partition coefficient (Wildman–Crippen LogP) is 5.68. The number of oxazole rings is 1. The molecule has 0 aliphatic heterocycles. The number of hydrogen-bond donors (Lipinski definition) is 1. The number of rotatable bonds is 9. The molecule has 194 valence electrons. The zero-order valence-electron chi connectivity index (χ0n) is 19.7. The summed E-state index contributed by atoms with van der Waals surface area (Å²) >= 11 is 1.18. The summed E-state index contributed by atoms with van der Waals surface area (Å²) in [4.78, 5) is 16.6. The Kier molecular flexibility index (Phi) is 7.31. The van der Waals surface area contributed by atoms with Crippen LogP contribution >= 0.6 is 11.8 Å². The molecule has 8 nitrogen and oxygen atoms in total. The Morgan fingerprint density at radius 3 is 2.61 bits per heavy atom. The second-order valence-electron chi connectivity index (χ2n) is 8.12. The van der Waals surface area contributed by atoms with Crippen molar-refractivity contribution in [2.24, 2.45) is 0 Å². The Bertz CT molecular complexity index is 1510. The van der Waals surface area contributed by atoms with Gasteiger partial charge >= 0.3 is 6.18 Å². The Balaban J connectivity index is 1.36. The molecule has 0 fully saturated rings. The number of benzene rings is 2. The molecule has 0 aliphatic carbocycles. The van der Waals surface area contributed by atoms with Gasteiger partial charge in [-0.2, -0.15) is 13.2 Å². The maximum absolute atomic E-state index is 13.4. The lowest BCUT2D eigenvalue weighted by Gasteiger charge is -2.13. The van der Waals surface area contributed by atoms with Crippen molar-refractivity contribution in [2.75, 3.05) is 0 Å². The molecule has 3 heterocycles. The van der Waals surface area contributed by atoms with Crippen LogP contribution in [0.2, 0.25) is 0 Å². The standard InChI is InChI=1S/C26H20F3N5O3S/c27-26(28,29)18-8-4-9-19(13-18)34-22(12-17-6-2-1-3-7-17)32-33-25(34)38-16-23-31-21(15-37-23)24(35)30-14-20-10-5-11-36-20/h1-11,13,15H,12,14,16H2,(H,30,35). The molecule has 0 spiro atoms. The third-order valence-electron chi connectivity index (χ3n) is 5.45. The van der Waals surface area contributed by atoms with Crippen LogP contribution in [0, 0.1) is 0 Å². The normalized spacial score (nSPS) is 11.6. The zero-order chi connectivity index (χ0) is 26.5. The van der Waals surface area contributed by atoms with Crippen LogP contribution in [0.5, 0.6) is 0 Å². The van der Waals surface area contributed by atoms with Crippen molar-refractivity contribution in [1.29, 1.82) is 0 Å². The van der Waals surface area contributed by atoms with Gasteiger partial charge in [-0.15, -0.1) is 10.2 Å². The molecule has 1 N–H and O–H groups in total. The van der Waals surface area contributed by atoms with E-state index in [1.165, 1.54) is 30.4 Å². The first-order valence-electron chi connectivity index (χ1n) is 11.4. The Labute approximate surface area is 218 Å². The van der Waals surface area contributed by atoms with E-state index in [1.54, 1.807) is 22.8 Å². The minimum absolute atomic E-state index is 0.0938. The van der Waals surface area contributed by atoms with E-state index in [-0.39, 0.29) is 29.6 Å². The first-order valence-corrected chi connectivity index (χ1v) is 12.4. The van der Waals surface area contributed by atoms with Gasteiger partial charge in [-0.25, -0.2) is 4.98 Å². The molecular weight excluding hydrogens is 519 g/mol. The van der Waals surface area contributed by atoms with Crippen LogP contribution in [0.1, 0.15) is 39.1 Å². The van der Waals surface area contributed by atoms with Crippen molar-refractivity contribution in [2.45, 2.75) is 30.1 Å². The Morgan fingerprint density at radius 2 is 1.84 bits per heavy atom. The summed E-state index contributed by atoms with van der Waals surface area (Å²) in [6.07, 6.45) is -1.38. The summed E-state index contributed by atoms with van der Waals surface area (Å²) in [5.41, 5.74) is 0.533. The van der Waals surface area contributed by atoms with Crippen molar-refractivity contribution in [1.82, 2.24) is 25.1 Å². The van der Waals surface area contributed by atoms with Crippen LogP contribution in [-0.2, 0) is 24.9 Å². The lowest BCUT2D eigenvalue weighted by atomic mass is 10.1. The molecule has 0 atom stereocenters. The van der Waals surface area contributed by atoms with Crippen LogP contribution in [-0.4, -0.2) is 25.7 Å². The smallest absolute Gasteiger partial charge is 0.416 e. The molecular formula is C26H20F3N5O3S.